The number of carbonyl (C=O) groups is 2. The number of nitrogens with zero attached hydrogens (tertiary/aromatic N) is 3. The van der Waals surface area contributed by atoms with Crippen LogP contribution in [-0.2, 0) is 11.8 Å². The highest BCUT2D eigenvalue weighted by molar-refractivity contribution is 6.30. The molecule has 0 saturated heterocycles. The first-order chi connectivity index (χ1) is 15.7. The Bertz CT molecular complexity index is 1250. The lowest BCUT2D eigenvalue weighted by molar-refractivity contribution is -0.141. The van der Waals surface area contributed by atoms with Gasteiger partial charge in [0.05, 0.1) is 16.8 Å². The summed E-state index contributed by atoms with van der Waals surface area (Å²) in [5.74, 6) is -0.534. The average molecular weight is 474 g/mol. The fraction of sp³-hybridized carbons (Fsp3) is 0.364. The van der Waals surface area contributed by atoms with Crippen molar-refractivity contribution in [2.24, 2.45) is 7.05 Å². The summed E-state index contributed by atoms with van der Waals surface area (Å²) >= 11 is 5.63. The summed E-state index contributed by atoms with van der Waals surface area (Å²) in [6, 6.07) is 5.59. The van der Waals surface area contributed by atoms with Crippen LogP contribution in [0.2, 0.25) is 5.02 Å². The summed E-state index contributed by atoms with van der Waals surface area (Å²) in [7, 11) is 1.82. The van der Waals surface area contributed by atoms with Crippen LogP contribution in [0.1, 0.15) is 35.4 Å². The molecule has 6 rings (SSSR count). The van der Waals surface area contributed by atoms with Gasteiger partial charge < -0.3 is 19.9 Å². The third-order valence-corrected chi connectivity index (χ3v) is 6.62. The van der Waals surface area contributed by atoms with Crippen molar-refractivity contribution in [2.75, 3.05) is 6.61 Å². The molecule has 0 radical (unpaired) electrons. The Morgan fingerprint density at radius 3 is 2.64 bits per heavy atom. The molecule has 2 aromatic heterocycles. The Labute approximate surface area is 193 Å². The van der Waals surface area contributed by atoms with E-state index in [4.69, 9.17) is 20.9 Å². The number of aromatic nitrogens is 3. The van der Waals surface area contributed by atoms with Crippen molar-refractivity contribution in [1.29, 1.82) is 0 Å². The molecule has 9 nitrogen and oxygen atoms in total. The second-order valence-electron chi connectivity index (χ2n) is 8.80. The van der Waals surface area contributed by atoms with Gasteiger partial charge in [-0.1, -0.05) is 16.8 Å². The summed E-state index contributed by atoms with van der Waals surface area (Å²) in [4.78, 5) is 24.9. The van der Waals surface area contributed by atoms with Gasteiger partial charge in [-0.3, -0.25) is 14.3 Å². The molecule has 3 aromatic rings. The van der Waals surface area contributed by atoms with Gasteiger partial charge in [-0.25, -0.2) is 4.39 Å². The SMILES string of the molecule is Cc1c(-c2cc(C(=O)NC34CC(NC(=O)COc5ccc(Cl)c(F)c5)(C3)C4)no2)cnn1C. The Morgan fingerprint density at radius 2 is 1.97 bits per heavy atom. The highest BCUT2D eigenvalue weighted by Crippen LogP contribution is 2.60. The Balaban J connectivity index is 1.11. The molecule has 33 heavy (non-hydrogen) atoms. The smallest absolute Gasteiger partial charge is 0.273 e. The minimum atomic E-state index is -0.610. The molecule has 0 unspecified atom stereocenters. The molecule has 2 bridgehead atoms. The Morgan fingerprint density at radius 1 is 1.24 bits per heavy atom. The maximum Gasteiger partial charge on any atom is 0.273 e. The molecule has 11 heteroatoms. The monoisotopic (exact) mass is 473 g/mol. The quantitative estimate of drug-likeness (QED) is 0.546. The molecule has 0 atom stereocenters. The first-order valence-electron chi connectivity index (χ1n) is 10.3. The largest absolute Gasteiger partial charge is 0.484 e. The van der Waals surface area contributed by atoms with Crippen molar-refractivity contribution < 1.29 is 23.2 Å². The van der Waals surface area contributed by atoms with Crippen molar-refractivity contribution in [3.05, 3.63) is 52.7 Å². The maximum absolute atomic E-state index is 13.5. The lowest BCUT2D eigenvalue weighted by Gasteiger charge is -2.70. The van der Waals surface area contributed by atoms with Gasteiger partial charge in [0.25, 0.3) is 11.8 Å². The van der Waals surface area contributed by atoms with Crippen LogP contribution in [0.15, 0.2) is 35.0 Å². The van der Waals surface area contributed by atoms with E-state index in [2.05, 4.69) is 20.9 Å². The summed E-state index contributed by atoms with van der Waals surface area (Å²) in [6.45, 7) is 1.66. The molecule has 172 valence electrons. The fourth-order valence-corrected chi connectivity index (χ4v) is 4.77. The zero-order chi connectivity index (χ0) is 23.4. The number of halogens is 2. The summed E-state index contributed by atoms with van der Waals surface area (Å²) in [6.07, 6.45) is 3.54. The van der Waals surface area contributed by atoms with Crippen molar-refractivity contribution in [3.8, 4) is 17.1 Å². The highest BCUT2D eigenvalue weighted by atomic mass is 35.5. The standard InChI is InChI=1S/C22H21ClFN5O4/c1-12-14(7-25-29(12)2)18-6-17(28-33-18)20(31)27-22-9-21(10-22,11-22)26-19(30)8-32-13-3-4-15(23)16(24)5-13/h3-7H,8-11H2,1-2H3,(H,26,30)(H,27,31). The molecule has 3 fully saturated rings. The van der Waals surface area contributed by atoms with E-state index in [-0.39, 0.29) is 46.0 Å². The number of hydrogen-bond donors (Lipinski definition) is 2. The Hall–Kier alpha value is -3.40. The minimum absolute atomic E-state index is 0.0120. The molecule has 3 aliphatic rings. The van der Waals surface area contributed by atoms with Gasteiger partial charge in [0.1, 0.15) is 11.6 Å². The van der Waals surface area contributed by atoms with Crippen LogP contribution < -0.4 is 15.4 Å². The second-order valence-corrected chi connectivity index (χ2v) is 9.21. The molecule has 1 aromatic carbocycles. The van der Waals surface area contributed by atoms with E-state index in [1.54, 1.807) is 16.9 Å². The van der Waals surface area contributed by atoms with Gasteiger partial charge in [0.15, 0.2) is 18.1 Å². The number of carbonyl (C=O) groups excluding carboxylic acids is 2. The van der Waals surface area contributed by atoms with Crippen LogP contribution in [0.4, 0.5) is 4.39 Å². The van der Waals surface area contributed by atoms with Crippen molar-refractivity contribution in [2.45, 2.75) is 37.3 Å². The van der Waals surface area contributed by atoms with Crippen LogP contribution in [0.5, 0.6) is 5.75 Å². The number of rotatable bonds is 7. The summed E-state index contributed by atoms with van der Waals surface area (Å²) < 4.78 is 25.8. The molecule has 0 aliphatic heterocycles. The maximum atomic E-state index is 13.5. The lowest BCUT2D eigenvalue weighted by Crippen LogP contribution is -2.84. The number of hydrogen-bond acceptors (Lipinski definition) is 6. The molecule has 2 amide bonds. The first-order valence-corrected chi connectivity index (χ1v) is 10.7. The minimum Gasteiger partial charge on any atom is -0.484 e. The van der Waals surface area contributed by atoms with Crippen molar-refractivity contribution in [1.82, 2.24) is 25.6 Å². The topological polar surface area (TPSA) is 111 Å². The molecule has 2 N–H and O–H groups in total. The van der Waals surface area contributed by atoms with Gasteiger partial charge in [0.2, 0.25) is 0 Å². The normalized spacial score (nSPS) is 22.8. The van der Waals surface area contributed by atoms with Crippen molar-refractivity contribution >= 4 is 23.4 Å². The van der Waals surface area contributed by atoms with E-state index in [0.29, 0.717) is 25.0 Å². The first kappa shape index (κ1) is 21.4. The molecular weight excluding hydrogens is 453 g/mol. The van der Waals surface area contributed by atoms with Crippen LogP contribution in [0, 0.1) is 12.7 Å². The van der Waals surface area contributed by atoms with Crippen LogP contribution in [0.3, 0.4) is 0 Å². The van der Waals surface area contributed by atoms with Crippen LogP contribution in [0.25, 0.3) is 11.3 Å². The van der Waals surface area contributed by atoms with Crippen molar-refractivity contribution in [3.63, 3.8) is 0 Å². The molecular formula is C22H21ClFN5O4. The zero-order valence-electron chi connectivity index (χ0n) is 17.9. The second kappa shape index (κ2) is 7.58. The summed E-state index contributed by atoms with van der Waals surface area (Å²) in [5.41, 5.74) is 1.18. The molecule has 3 aliphatic carbocycles. The molecule has 3 saturated carbocycles. The van der Waals surface area contributed by atoms with Gasteiger partial charge in [-0.2, -0.15) is 5.10 Å². The number of aryl methyl sites for hydroxylation is 1. The van der Waals surface area contributed by atoms with Gasteiger partial charge >= 0.3 is 0 Å². The van der Waals surface area contributed by atoms with E-state index in [1.165, 1.54) is 12.1 Å². The van der Waals surface area contributed by atoms with Crippen LogP contribution in [-0.4, -0.2) is 44.4 Å². The van der Waals surface area contributed by atoms with Gasteiger partial charge in [0, 0.05) is 36.0 Å². The predicted octanol–water partition coefficient (Wildman–Crippen LogP) is 2.78. The number of benzene rings is 1. The number of amides is 2. The number of ether oxygens (including phenoxy) is 1. The third kappa shape index (κ3) is 3.84. The van der Waals surface area contributed by atoms with Gasteiger partial charge in [-0.05, 0) is 38.3 Å². The van der Waals surface area contributed by atoms with Gasteiger partial charge in [-0.15, -0.1) is 0 Å². The Kier molecular flexibility index (Phi) is 4.93. The van der Waals surface area contributed by atoms with E-state index >= 15 is 0 Å². The van der Waals surface area contributed by atoms with E-state index in [1.807, 2.05) is 14.0 Å². The van der Waals surface area contributed by atoms with E-state index in [0.717, 1.165) is 17.3 Å². The predicted molar refractivity (Wildman–Crippen MR) is 115 cm³/mol. The third-order valence-electron chi connectivity index (χ3n) is 6.32. The lowest BCUT2D eigenvalue weighted by atomic mass is 9.44. The van der Waals surface area contributed by atoms with E-state index < -0.39 is 5.82 Å². The highest BCUT2D eigenvalue weighted by Gasteiger charge is 2.69. The van der Waals surface area contributed by atoms with E-state index in [9.17, 15) is 14.0 Å². The molecule has 0 spiro atoms. The van der Waals surface area contributed by atoms with Crippen LogP contribution >= 0.6 is 11.6 Å². The average Bonchev–Trinajstić information content (AvgIpc) is 3.33. The number of nitrogens with one attached hydrogen (secondary N) is 2. The fourth-order valence-electron chi connectivity index (χ4n) is 4.66. The zero-order valence-corrected chi connectivity index (χ0v) is 18.7. The summed E-state index contributed by atoms with van der Waals surface area (Å²) in [5, 5.41) is 14.0. The molecule has 2 heterocycles.